The first-order valence-electron chi connectivity index (χ1n) is 5.90. The van der Waals surface area contributed by atoms with Gasteiger partial charge < -0.3 is 5.73 Å². The zero-order chi connectivity index (χ0) is 10.8. The van der Waals surface area contributed by atoms with Gasteiger partial charge in [-0.15, -0.1) is 0 Å². The molecule has 1 saturated carbocycles. The van der Waals surface area contributed by atoms with Crippen LogP contribution in [0.15, 0.2) is 0 Å². The summed E-state index contributed by atoms with van der Waals surface area (Å²) >= 11 is 0. The minimum atomic E-state index is 0.0324. The second-order valence-corrected chi connectivity index (χ2v) is 4.20. The molecular weight excluding hydrogens is 174 g/mol. The van der Waals surface area contributed by atoms with E-state index in [9.17, 15) is 4.79 Å². The van der Waals surface area contributed by atoms with Crippen molar-refractivity contribution >= 4 is 5.78 Å². The number of Topliss-reactive ketones (excluding diaryl/α,β-unsaturated/α-hetero) is 1. The van der Waals surface area contributed by atoms with E-state index in [2.05, 4.69) is 6.92 Å². The van der Waals surface area contributed by atoms with Crippen molar-refractivity contribution in [1.82, 2.24) is 0 Å². The molecule has 1 rings (SSSR count). The molecule has 1 aliphatic carbocycles. The normalized spacial score (nSPS) is 17.1. The van der Waals surface area contributed by atoms with Crippen LogP contribution < -0.4 is 5.73 Å². The zero-order valence-electron chi connectivity index (χ0n) is 9.72. The highest BCUT2D eigenvalue weighted by atomic mass is 16.1. The lowest BCUT2D eigenvalue weighted by atomic mass is 9.86. The maximum Gasteiger partial charge on any atom is 0.143 e. The van der Waals surface area contributed by atoms with E-state index in [4.69, 9.17) is 5.73 Å². The largest absolute Gasteiger partial charge is 0.324 e. The molecule has 1 aliphatic rings. The van der Waals surface area contributed by atoms with Crippen molar-refractivity contribution in [2.24, 2.45) is 11.7 Å². The van der Waals surface area contributed by atoms with E-state index in [-0.39, 0.29) is 12.3 Å². The maximum atomic E-state index is 9.69. The molecule has 1 fully saturated rings. The molecule has 0 aromatic rings. The molecule has 0 aromatic heterocycles. The van der Waals surface area contributed by atoms with Gasteiger partial charge >= 0.3 is 0 Å². The Labute approximate surface area is 88.3 Å². The lowest BCUT2D eigenvalue weighted by Gasteiger charge is -2.20. The van der Waals surface area contributed by atoms with Crippen LogP contribution in [-0.2, 0) is 4.79 Å². The predicted molar refractivity (Wildman–Crippen MR) is 61.2 cm³/mol. The molecule has 2 N–H and O–H groups in total. The summed E-state index contributed by atoms with van der Waals surface area (Å²) in [5.41, 5.74) is 4.82. The van der Waals surface area contributed by atoms with Crippen molar-refractivity contribution in [3.63, 3.8) is 0 Å². The number of hydrogen-bond donors (Lipinski definition) is 1. The van der Waals surface area contributed by atoms with E-state index in [0.717, 1.165) is 5.92 Å². The molecule has 0 amide bonds. The monoisotopic (exact) mass is 199 g/mol. The third kappa shape index (κ3) is 8.24. The van der Waals surface area contributed by atoms with Crippen molar-refractivity contribution in [1.29, 1.82) is 0 Å². The molecule has 0 aliphatic heterocycles. The number of carbonyl (C=O) groups excluding carboxylic acids is 1. The van der Waals surface area contributed by atoms with E-state index >= 15 is 0 Å². The highest BCUT2D eigenvalue weighted by Crippen LogP contribution is 2.26. The lowest BCUT2D eigenvalue weighted by molar-refractivity contribution is -0.115. The van der Waals surface area contributed by atoms with E-state index in [1.165, 1.54) is 51.9 Å². The SMILES string of the molecule is CC(=O)CN.CCCC1CCCCC1. The Balaban J connectivity index is 0.000000292. The van der Waals surface area contributed by atoms with Crippen LogP contribution in [0.2, 0.25) is 0 Å². The summed E-state index contributed by atoms with van der Waals surface area (Å²) in [6.45, 7) is 3.93. The molecule has 2 nitrogen and oxygen atoms in total. The molecule has 0 heterocycles. The van der Waals surface area contributed by atoms with Gasteiger partial charge in [0.15, 0.2) is 0 Å². The standard InChI is InChI=1S/C9H18.C3H7NO/c1-2-6-9-7-4-3-5-8-9;1-3(5)2-4/h9H,2-8H2,1H3;2,4H2,1H3. The van der Waals surface area contributed by atoms with Crippen LogP contribution in [0.5, 0.6) is 0 Å². The van der Waals surface area contributed by atoms with Crippen molar-refractivity contribution in [2.75, 3.05) is 6.54 Å². The van der Waals surface area contributed by atoms with Gasteiger partial charge in [0.05, 0.1) is 6.54 Å². The third-order valence-corrected chi connectivity index (χ3v) is 2.71. The number of rotatable bonds is 3. The molecule has 0 aromatic carbocycles. The summed E-state index contributed by atoms with van der Waals surface area (Å²) in [4.78, 5) is 9.69. The van der Waals surface area contributed by atoms with E-state index < -0.39 is 0 Å². The van der Waals surface area contributed by atoms with Crippen molar-refractivity contribution in [3.8, 4) is 0 Å². The molecule has 0 saturated heterocycles. The average Bonchev–Trinajstić information content (AvgIpc) is 2.21. The van der Waals surface area contributed by atoms with E-state index in [1.54, 1.807) is 0 Å². The van der Waals surface area contributed by atoms with Crippen LogP contribution in [-0.4, -0.2) is 12.3 Å². The number of hydrogen-bond acceptors (Lipinski definition) is 2. The van der Waals surface area contributed by atoms with Gasteiger partial charge in [0.2, 0.25) is 0 Å². The maximum absolute atomic E-state index is 9.69. The first-order chi connectivity index (χ1) is 6.70. The number of nitrogens with two attached hydrogens (primary N) is 1. The Morgan fingerprint density at radius 3 is 2.14 bits per heavy atom. The zero-order valence-corrected chi connectivity index (χ0v) is 9.72. The Morgan fingerprint density at radius 2 is 1.79 bits per heavy atom. The van der Waals surface area contributed by atoms with Gasteiger partial charge in [-0.3, -0.25) is 4.79 Å². The van der Waals surface area contributed by atoms with Gasteiger partial charge in [0.1, 0.15) is 5.78 Å². The predicted octanol–water partition coefficient (Wildman–Crippen LogP) is 2.90. The molecule has 0 bridgehead atoms. The number of carbonyl (C=O) groups is 1. The molecular formula is C12H25NO. The molecule has 84 valence electrons. The topological polar surface area (TPSA) is 43.1 Å². The van der Waals surface area contributed by atoms with Crippen molar-refractivity contribution in [2.45, 2.75) is 58.8 Å². The van der Waals surface area contributed by atoms with Crippen LogP contribution in [0.1, 0.15) is 58.8 Å². The van der Waals surface area contributed by atoms with Gasteiger partial charge in [-0.25, -0.2) is 0 Å². The van der Waals surface area contributed by atoms with Crippen LogP contribution in [0.25, 0.3) is 0 Å². The molecule has 0 spiro atoms. The molecule has 0 atom stereocenters. The van der Waals surface area contributed by atoms with E-state index in [1.807, 2.05) is 0 Å². The smallest absolute Gasteiger partial charge is 0.143 e. The highest BCUT2D eigenvalue weighted by molar-refractivity contribution is 5.77. The summed E-state index contributed by atoms with van der Waals surface area (Å²) in [5, 5.41) is 0. The van der Waals surface area contributed by atoms with Crippen molar-refractivity contribution < 1.29 is 4.79 Å². The highest BCUT2D eigenvalue weighted by Gasteiger charge is 2.10. The summed E-state index contributed by atoms with van der Waals surface area (Å²) in [6, 6.07) is 0. The fourth-order valence-electron chi connectivity index (χ4n) is 1.88. The number of ketones is 1. The first kappa shape index (κ1) is 13.6. The summed E-state index contributed by atoms with van der Waals surface area (Å²) in [5.74, 6) is 1.13. The Morgan fingerprint density at radius 1 is 1.29 bits per heavy atom. The minimum Gasteiger partial charge on any atom is -0.324 e. The van der Waals surface area contributed by atoms with Crippen LogP contribution in [0, 0.1) is 5.92 Å². The Kier molecular flexibility index (Phi) is 8.95. The van der Waals surface area contributed by atoms with Gasteiger partial charge in [0.25, 0.3) is 0 Å². The second kappa shape index (κ2) is 9.20. The van der Waals surface area contributed by atoms with Crippen molar-refractivity contribution in [3.05, 3.63) is 0 Å². The van der Waals surface area contributed by atoms with Gasteiger partial charge in [-0.2, -0.15) is 0 Å². The molecule has 0 radical (unpaired) electrons. The van der Waals surface area contributed by atoms with Gasteiger partial charge in [-0.05, 0) is 12.8 Å². The fraction of sp³-hybridized carbons (Fsp3) is 0.917. The quantitative estimate of drug-likeness (QED) is 0.759. The fourth-order valence-corrected chi connectivity index (χ4v) is 1.88. The third-order valence-electron chi connectivity index (χ3n) is 2.71. The van der Waals surface area contributed by atoms with Gasteiger partial charge in [0, 0.05) is 0 Å². The minimum absolute atomic E-state index is 0.0324. The second-order valence-electron chi connectivity index (χ2n) is 4.20. The Hall–Kier alpha value is -0.370. The molecule has 14 heavy (non-hydrogen) atoms. The van der Waals surface area contributed by atoms with Crippen LogP contribution in [0.4, 0.5) is 0 Å². The van der Waals surface area contributed by atoms with E-state index in [0.29, 0.717) is 0 Å². The first-order valence-corrected chi connectivity index (χ1v) is 5.90. The summed E-state index contributed by atoms with van der Waals surface area (Å²) in [7, 11) is 0. The average molecular weight is 199 g/mol. The van der Waals surface area contributed by atoms with Gasteiger partial charge in [-0.1, -0.05) is 51.9 Å². The molecule has 2 heteroatoms. The Bertz CT molecular complexity index is 137. The summed E-state index contributed by atoms with van der Waals surface area (Å²) < 4.78 is 0. The van der Waals surface area contributed by atoms with Crippen LogP contribution >= 0.6 is 0 Å². The summed E-state index contributed by atoms with van der Waals surface area (Å²) in [6.07, 6.45) is 10.4. The van der Waals surface area contributed by atoms with Crippen LogP contribution in [0.3, 0.4) is 0 Å². The molecule has 0 unspecified atom stereocenters. The lowest BCUT2D eigenvalue weighted by Crippen LogP contribution is -2.07.